The van der Waals surface area contributed by atoms with Crippen LogP contribution in [0.25, 0.3) is 0 Å². The van der Waals surface area contributed by atoms with E-state index in [0.29, 0.717) is 24.2 Å². The lowest BCUT2D eigenvalue weighted by molar-refractivity contribution is -0.148. The topological polar surface area (TPSA) is 61.8 Å². The fraction of sp³-hybridized carbons (Fsp3) is 0.500. The Labute approximate surface area is 195 Å². The van der Waals surface area contributed by atoms with Gasteiger partial charge in [-0.3, -0.25) is 4.79 Å². The minimum Gasteiger partial charge on any atom is -0.466 e. The Morgan fingerprint density at radius 1 is 1.16 bits per heavy atom. The van der Waals surface area contributed by atoms with Crippen LogP contribution >= 0.6 is 11.6 Å². The van der Waals surface area contributed by atoms with Crippen LogP contribution in [0.1, 0.15) is 49.0 Å². The number of carbonyl (C=O) groups is 1. The van der Waals surface area contributed by atoms with Gasteiger partial charge in [-0.1, -0.05) is 29.8 Å². The first-order valence-electron chi connectivity index (χ1n) is 11.7. The lowest BCUT2D eigenvalue weighted by Gasteiger charge is -2.34. The maximum atomic E-state index is 12.0. The Morgan fingerprint density at radius 3 is 2.62 bits per heavy atom. The molecular formula is C26H33ClN2O3. The number of esters is 1. The molecule has 172 valence electrons. The summed E-state index contributed by atoms with van der Waals surface area (Å²) >= 11 is 5.94. The van der Waals surface area contributed by atoms with Crippen LogP contribution in [-0.4, -0.2) is 43.4 Å². The summed E-state index contributed by atoms with van der Waals surface area (Å²) in [5.41, 5.74) is 4.94. The number of anilines is 1. The highest BCUT2D eigenvalue weighted by atomic mass is 35.5. The monoisotopic (exact) mass is 456 g/mol. The molecule has 1 aliphatic carbocycles. The number of halogens is 1. The third-order valence-electron chi connectivity index (χ3n) is 6.75. The number of hydrogen-bond acceptors (Lipinski definition) is 5. The van der Waals surface area contributed by atoms with Crippen LogP contribution in [0.2, 0.25) is 5.02 Å². The molecule has 0 radical (unpaired) electrons. The molecule has 2 atom stereocenters. The van der Waals surface area contributed by atoms with Crippen molar-refractivity contribution < 1.29 is 14.6 Å². The molecule has 0 spiro atoms. The van der Waals surface area contributed by atoms with Crippen LogP contribution in [0.5, 0.6) is 0 Å². The van der Waals surface area contributed by atoms with E-state index in [1.807, 2.05) is 31.2 Å². The molecule has 0 amide bonds. The fourth-order valence-corrected chi connectivity index (χ4v) is 4.95. The van der Waals surface area contributed by atoms with Crippen molar-refractivity contribution in [3.63, 3.8) is 0 Å². The van der Waals surface area contributed by atoms with Gasteiger partial charge in [0.2, 0.25) is 0 Å². The Bertz CT molecular complexity index is 910. The quantitative estimate of drug-likeness (QED) is 0.608. The van der Waals surface area contributed by atoms with Crippen molar-refractivity contribution in [1.29, 1.82) is 0 Å². The van der Waals surface area contributed by atoms with Gasteiger partial charge in [0.15, 0.2) is 0 Å². The molecular weight excluding hydrogens is 424 g/mol. The maximum Gasteiger partial charge on any atom is 0.309 e. The summed E-state index contributed by atoms with van der Waals surface area (Å²) in [7, 11) is 0. The van der Waals surface area contributed by atoms with Crippen LogP contribution in [0.15, 0.2) is 42.5 Å². The van der Waals surface area contributed by atoms with E-state index in [2.05, 4.69) is 28.4 Å². The van der Waals surface area contributed by atoms with Crippen molar-refractivity contribution in [2.75, 3.05) is 31.1 Å². The molecule has 1 aliphatic heterocycles. The van der Waals surface area contributed by atoms with E-state index in [9.17, 15) is 9.90 Å². The summed E-state index contributed by atoms with van der Waals surface area (Å²) in [6.45, 7) is 4.62. The second-order valence-electron chi connectivity index (χ2n) is 8.88. The summed E-state index contributed by atoms with van der Waals surface area (Å²) in [5, 5.41) is 14.7. The molecule has 32 heavy (non-hydrogen) atoms. The van der Waals surface area contributed by atoms with Crippen molar-refractivity contribution in [2.45, 2.75) is 51.2 Å². The second kappa shape index (κ2) is 10.7. The lowest BCUT2D eigenvalue weighted by Crippen LogP contribution is -2.38. The van der Waals surface area contributed by atoms with Gasteiger partial charge in [0, 0.05) is 36.4 Å². The molecule has 2 aromatic rings. The Balaban J connectivity index is 1.32. The zero-order valence-electron chi connectivity index (χ0n) is 18.7. The number of aliphatic hydroxyl groups excluding tert-OH is 1. The number of nitrogens with one attached hydrogen (secondary N) is 1. The van der Waals surface area contributed by atoms with E-state index in [4.69, 9.17) is 16.3 Å². The first-order chi connectivity index (χ1) is 15.5. The van der Waals surface area contributed by atoms with E-state index in [1.54, 1.807) is 0 Å². The van der Waals surface area contributed by atoms with Crippen LogP contribution in [0.3, 0.4) is 0 Å². The molecule has 0 unspecified atom stereocenters. The fourth-order valence-electron chi connectivity index (χ4n) is 4.83. The zero-order valence-corrected chi connectivity index (χ0v) is 19.5. The zero-order chi connectivity index (χ0) is 22.5. The van der Waals surface area contributed by atoms with Crippen LogP contribution < -0.4 is 10.2 Å². The molecule has 2 N–H and O–H groups in total. The average Bonchev–Trinajstić information content (AvgIpc) is 2.82. The van der Waals surface area contributed by atoms with Crippen molar-refractivity contribution in [3.05, 3.63) is 64.2 Å². The van der Waals surface area contributed by atoms with Gasteiger partial charge in [0.05, 0.1) is 18.6 Å². The highest BCUT2D eigenvalue weighted by Crippen LogP contribution is 2.29. The third-order valence-corrected chi connectivity index (χ3v) is 7.00. The highest BCUT2D eigenvalue weighted by Gasteiger charge is 2.27. The number of nitrogens with zero attached hydrogens (tertiary/aromatic N) is 1. The minimum atomic E-state index is -0.541. The smallest absolute Gasteiger partial charge is 0.309 e. The minimum absolute atomic E-state index is 0.0319. The predicted octanol–water partition coefficient (Wildman–Crippen LogP) is 4.30. The molecule has 0 aromatic heterocycles. The Kier molecular flexibility index (Phi) is 7.71. The molecule has 1 fully saturated rings. The van der Waals surface area contributed by atoms with Crippen LogP contribution in [0, 0.1) is 5.92 Å². The number of carbonyl (C=O) groups excluding carboxylic acids is 1. The summed E-state index contributed by atoms with van der Waals surface area (Å²) in [5.74, 6) is -0.0169. The summed E-state index contributed by atoms with van der Waals surface area (Å²) in [6, 6.07) is 14.5. The van der Waals surface area contributed by atoms with Crippen molar-refractivity contribution in [3.8, 4) is 0 Å². The van der Waals surface area contributed by atoms with Gasteiger partial charge >= 0.3 is 5.97 Å². The molecule has 0 bridgehead atoms. The average molecular weight is 457 g/mol. The van der Waals surface area contributed by atoms with Crippen LogP contribution in [-0.2, 0) is 22.4 Å². The number of rotatable bonds is 7. The standard InChI is InChI=1S/C26H33ClN2O3/c1-2-32-26(31)20-11-13-29(14-12-20)24-10-6-18-5-9-23(15-21(18)16-24)28-17-25(30)19-3-7-22(27)8-4-19/h3-4,6-8,10,16,20,23,25,28,30H,2,5,9,11-15,17H2,1H3/t23-,25+/m0/s1. The van der Waals surface area contributed by atoms with Gasteiger partial charge in [-0.05, 0) is 80.0 Å². The van der Waals surface area contributed by atoms with E-state index in [0.717, 1.165) is 50.8 Å². The van der Waals surface area contributed by atoms with Crippen molar-refractivity contribution >= 4 is 23.3 Å². The van der Waals surface area contributed by atoms with Gasteiger partial charge in [0.25, 0.3) is 0 Å². The molecule has 2 aliphatic rings. The number of aliphatic hydroxyl groups is 1. The van der Waals surface area contributed by atoms with Gasteiger partial charge in [-0.2, -0.15) is 0 Å². The number of aryl methyl sites for hydroxylation is 1. The number of fused-ring (bicyclic) bond motifs is 1. The van der Waals surface area contributed by atoms with E-state index in [-0.39, 0.29) is 11.9 Å². The molecule has 1 saturated heterocycles. The van der Waals surface area contributed by atoms with Gasteiger partial charge in [0.1, 0.15) is 0 Å². The molecule has 5 nitrogen and oxygen atoms in total. The first kappa shape index (κ1) is 23.1. The number of ether oxygens (including phenoxy) is 1. The van der Waals surface area contributed by atoms with Crippen LogP contribution in [0.4, 0.5) is 5.69 Å². The second-order valence-corrected chi connectivity index (χ2v) is 9.32. The molecule has 0 saturated carbocycles. The summed E-state index contributed by atoms with van der Waals surface area (Å²) in [6.07, 6.45) is 4.25. The summed E-state index contributed by atoms with van der Waals surface area (Å²) < 4.78 is 5.19. The van der Waals surface area contributed by atoms with Crippen molar-refractivity contribution in [1.82, 2.24) is 5.32 Å². The largest absolute Gasteiger partial charge is 0.466 e. The summed E-state index contributed by atoms with van der Waals surface area (Å²) in [4.78, 5) is 14.4. The Morgan fingerprint density at radius 2 is 1.91 bits per heavy atom. The van der Waals surface area contributed by atoms with E-state index < -0.39 is 6.10 Å². The maximum absolute atomic E-state index is 12.0. The predicted molar refractivity (Wildman–Crippen MR) is 128 cm³/mol. The lowest BCUT2D eigenvalue weighted by atomic mass is 9.87. The first-order valence-corrected chi connectivity index (χ1v) is 12.1. The van der Waals surface area contributed by atoms with E-state index in [1.165, 1.54) is 16.8 Å². The molecule has 2 aromatic carbocycles. The molecule has 4 rings (SSSR count). The highest BCUT2D eigenvalue weighted by molar-refractivity contribution is 6.30. The molecule has 1 heterocycles. The van der Waals surface area contributed by atoms with Gasteiger partial charge in [-0.25, -0.2) is 0 Å². The van der Waals surface area contributed by atoms with E-state index >= 15 is 0 Å². The SMILES string of the molecule is CCOC(=O)C1CCN(c2ccc3c(c2)C[C@@H](NC[C@@H](O)c2ccc(Cl)cc2)CC3)CC1. The normalized spacial score (nSPS) is 20.0. The Hall–Kier alpha value is -2.08. The molecule has 6 heteroatoms. The third kappa shape index (κ3) is 5.64. The number of hydrogen-bond donors (Lipinski definition) is 2. The van der Waals surface area contributed by atoms with Crippen molar-refractivity contribution in [2.24, 2.45) is 5.92 Å². The van der Waals surface area contributed by atoms with Gasteiger partial charge in [-0.15, -0.1) is 0 Å². The number of piperidine rings is 1. The number of benzene rings is 2. The van der Waals surface area contributed by atoms with Gasteiger partial charge < -0.3 is 20.1 Å².